The molecular weight excluding hydrogens is 242 g/mol. The third kappa shape index (κ3) is 2.62. The van der Waals surface area contributed by atoms with Gasteiger partial charge in [-0.3, -0.25) is 4.79 Å². The Kier molecular flexibility index (Phi) is 3.23. The molecule has 100 valence electrons. The third-order valence-corrected chi connectivity index (χ3v) is 3.90. The molecule has 0 aromatic heterocycles. The number of hydrogen-bond acceptors (Lipinski definition) is 3. The van der Waals surface area contributed by atoms with E-state index in [4.69, 9.17) is 9.84 Å². The zero-order valence-corrected chi connectivity index (χ0v) is 10.7. The fourth-order valence-electron chi connectivity index (χ4n) is 2.86. The maximum atomic E-state index is 11.0. The molecule has 3 rings (SSSR count). The van der Waals surface area contributed by atoms with Gasteiger partial charge in [0.15, 0.2) is 5.90 Å². The minimum absolute atomic E-state index is 0.0337. The van der Waals surface area contributed by atoms with E-state index in [2.05, 4.69) is 4.99 Å². The number of carboxylic acid groups (broad SMARTS) is 1. The van der Waals surface area contributed by atoms with Crippen LogP contribution in [0.25, 0.3) is 0 Å². The quantitative estimate of drug-likeness (QED) is 0.906. The summed E-state index contributed by atoms with van der Waals surface area (Å²) in [5, 5.41) is 9.07. The van der Waals surface area contributed by atoms with Crippen LogP contribution >= 0.6 is 0 Å². The highest BCUT2D eigenvalue weighted by molar-refractivity contribution is 5.81. The van der Waals surface area contributed by atoms with Crippen LogP contribution in [0.1, 0.15) is 24.8 Å². The van der Waals surface area contributed by atoms with Gasteiger partial charge in [0.2, 0.25) is 0 Å². The second-order valence-electron chi connectivity index (χ2n) is 5.26. The lowest BCUT2D eigenvalue weighted by atomic mass is 9.84. The van der Waals surface area contributed by atoms with Crippen molar-refractivity contribution in [3.8, 4) is 0 Å². The van der Waals surface area contributed by atoms with Gasteiger partial charge in [-0.1, -0.05) is 30.3 Å². The fraction of sp³-hybridized carbons (Fsp3) is 0.467. The van der Waals surface area contributed by atoms with Crippen molar-refractivity contribution in [2.24, 2.45) is 10.9 Å². The first-order chi connectivity index (χ1) is 9.22. The molecule has 4 nitrogen and oxygen atoms in total. The Labute approximate surface area is 112 Å². The largest absolute Gasteiger partial charge is 0.481 e. The maximum Gasteiger partial charge on any atom is 0.306 e. The van der Waals surface area contributed by atoms with Crippen molar-refractivity contribution in [1.29, 1.82) is 0 Å². The predicted octanol–water partition coefficient (Wildman–Crippen LogP) is 2.28. The molecule has 1 saturated carbocycles. The summed E-state index contributed by atoms with van der Waals surface area (Å²) in [6, 6.07) is 10.2. The van der Waals surface area contributed by atoms with Gasteiger partial charge >= 0.3 is 5.97 Å². The normalized spacial score (nSPS) is 29.3. The molecule has 1 aromatic rings. The highest BCUT2D eigenvalue weighted by Gasteiger charge is 2.39. The summed E-state index contributed by atoms with van der Waals surface area (Å²) in [6.07, 6.45) is 2.78. The number of nitrogens with zero attached hydrogens (tertiary/aromatic N) is 1. The van der Waals surface area contributed by atoms with Crippen LogP contribution in [0.15, 0.2) is 35.3 Å². The summed E-state index contributed by atoms with van der Waals surface area (Å²) in [5.74, 6) is -0.224. The van der Waals surface area contributed by atoms with Gasteiger partial charge in [0.25, 0.3) is 0 Å². The molecule has 19 heavy (non-hydrogen) atoms. The van der Waals surface area contributed by atoms with Crippen molar-refractivity contribution in [2.75, 3.05) is 0 Å². The molecule has 0 radical (unpaired) electrons. The monoisotopic (exact) mass is 259 g/mol. The average molecular weight is 259 g/mol. The maximum absolute atomic E-state index is 11.0. The standard InChI is InChI=1S/C15H17NO3/c17-15(18)11-6-7-12-13(9-11)19-14(16-12)8-10-4-2-1-3-5-10/h1-5,11-13H,6-9H2,(H,17,18). The number of benzene rings is 1. The number of rotatable bonds is 3. The number of fused-ring (bicyclic) bond motifs is 1. The van der Waals surface area contributed by atoms with Crippen LogP contribution in [-0.4, -0.2) is 29.1 Å². The van der Waals surface area contributed by atoms with Gasteiger partial charge in [0.1, 0.15) is 6.10 Å². The summed E-state index contributed by atoms with van der Waals surface area (Å²) in [5.41, 5.74) is 1.18. The Hall–Kier alpha value is -1.84. The topological polar surface area (TPSA) is 58.9 Å². The Morgan fingerprint density at radius 3 is 2.84 bits per heavy atom. The first-order valence-corrected chi connectivity index (χ1v) is 6.72. The first-order valence-electron chi connectivity index (χ1n) is 6.72. The lowest BCUT2D eigenvalue weighted by Gasteiger charge is -2.26. The van der Waals surface area contributed by atoms with Crippen molar-refractivity contribution >= 4 is 11.9 Å². The lowest BCUT2D eigenvalue weighted by molar-refractivity contribution is -0.143. The van der Waals surface area contributed by atoms with Crippen LogP contribution in [0.3, 0.4) is 0 Å². The summed E-state index contributed by atoms with van der Waals surface area (Å²) in [7, 11) is 0. The molecule has 1 heterocycles. The van der Waals surface area contributed by atoms with Crippen LogP contribution in [0.2, 0.25) is 0 Å². The Bertz CT molecular complexity index is 497. The van der Waals surface area contributed by atoms with Gasteiger partial charge in [-0.05, 0) is 24.8 Å². The van der Waals surface area contributed by atoms with Crippen molar-refractivity contribution in [3.05, 3.63) is 35.9 Å². The van der Waals surface area contributed by atoms with E-state index < -0.39 is 5.97 Å². The molecule has 0 saturated heterocycles. The molecule has 0 bridgehead atoms. The van der Waals surface area contributed by atoms with Gasteiger partial charge in [-0.15, -0.1) is 0 Å². The Morgan fingerprint density at radius 2 is 2.11 bits per heavy atom. The number of aliphatic imine (C=N–C) groups is 1. The molecule has 3 atom stereocenters. The molecule has 1 N–H and O–H groups in total. The fourth-order valence-corrected chi connectivity index (χ4v) is 2.86. The molecule has 4 heteroatoms. The second kappa shape index (κ2) is 5.03. The number of aliphatic carboxylic acids is 1. The predicted molar refractivity (Wildman–Crippen MR) is 71.2 cm³/mol. The van der Waals surface area contributed by atoms with E-state index in [1.807, 2.05) is 30.3 Å². The van der Waals surface area contributed by atoms with Crippen molar-refractivity contribution < 1.29 is 14.6 Å². The summed E-state index contributed by atoms with van der Waals surface area (Å²) in [4.78, 5) is 15.6. The average Bonchev–Trinajstić information content (AvgIpc) is 2.80. The Balaban J connectivity index is 1.64. The zero-order chi connectivity index (χ0) is 13.2. The van der Waals surface area contributed by atoms with E-state index in [1.165, 1.54) is 5.56 Å². The van der Waals surface area contributed by atoms with Crippen LogP contribution in [0.5, 0.6) is 0 Å². The number of carbonyl (C=O) groups is 1. The molecule has 1 aromatic carbocycles. The molecule has 2 aliphatic rings. The third-order valence-electron chi connectivity index (χ3n) is 3.90. The van der Waals surface area contributed by atoms with E-state index >= 15 is 0 Å². The van der Waals surface area contributed by atoms with E-state index in [-0.39, 0.29) is 18.1 Å². The number of ether oxygens (including phenoxy) is 1. The highest BCUT2D eigenvalue weighted by atomic mass is 16.5. The van der Waals surface area contributed by atoms with Crippen molar-refractivity contribution in [2.45, 2.75) is 37.8 Å². The Morgan fingerprint density at radius 1 is 1.32 bits per heavy atom. The minimum atomic E-state index is -0.710. The van der Waals surface area contributed by atoms with Crippen LogP contribution in [0, 0.1) is 5.92 Å². The summed E-state index contributed by atoms with van der Waals surface area (Å²) >= 11 is 0. The molecule has 3 unspecified atom stereocenters. The molecule has 0 spiro atoms. The smallest absolute Gasteiger partial charge is 0.306 e. The highest BCUT2D eigenvalue weighted by Crippen LogP contribution is 2.33. The van der Waals surface area contributed by atoms with E-state index in [0.717, 1.165) is 12.3 Å². The molecule has 1 aliphatic heterocycles. The zero-order valence-electron chi connectivity index (χ0n) is 10.7. The van der Waals surface area contributed by atoms with Crippen molar-refractivity contribution in [3.63, 3.8) is 0 Å². The molecule has 1 fully saturated rings. The summed E-state index contributed by atoms with van der Waals surface area (Å²) in [6.45, 7) is 0. The van der Waals surface area contributed by atoms with Gasteiger partial charge < -0.3 is 9.84 Å². The van der Waals surface area contributed by atoms with Gasteiger partial charge in [0, 0.05) is 6.42 Å². The first kappa shape index (κ1) is 12.2. The SMILES string of the molecule is O=C(O)C1CCC2N=C(Cc3ccccc3)OC2C1. The second-order valence-corrected chi connectivity index (χ2v) is 5.26. The minimum Gasteiger partial charge on any atom is -0.481 e. The van der Waals surface area contributed by atoms with Gasteiger partial charge in [0.05, 0.1) is 12.0 Å². The molecule has 1 aliphatic carbocycles. The number of carboxylic acids is 1. The van der Waals surface area contributed by atoms with Crippen LogP contribution in [-0.2, 0) is 16.0 Å². The van der Waals surface area contributed by atoms with Crippen LogP contribution < -0.4 is 0 Å². The van der Waals surface area contributed by atoms with E-state index in [0.29, 0.717) is 19.3 Å². The summed E-state index contributed by atoms with van der Waals surface area (Å²) < 4.78 is 5.84. The van der Waals surface area contributed by atoms with E-state index in [1.54, 1.807) is 0 Å². The molecule has 0 amide bonds. The van der Waals surface area contributed by atoms with Crippen molar-refractivity contribution in [1.82, 2.24) is 0 Å². The lowest BCUT2D eigenvalue weighted by Crippen LogP contribution is -2.34. The van der Waals surface area contributed by atoms with Gasteiger partial charge in [-0.25, -0.2) is 4.99 Å². The number of hydrogen-bond donors (Lipinski definition) is 1. The van der Waals surface area contributed by atoms with Gasteiger partial charge in [-0.2, -0.15) is 0 Å². The van der Waals surface area contributed by atoms with Crippen LogP contribution in [0.4, 0.5) is 0 Å². The molecular formula is C15H17NO3. The van der Waals surface area contributed by atoms with E-state index in [9.17, 15) is 4.79 Å².